The van der Waals surface area contributed by atoms with Crippen LogP contribution in [-0.4, -0.2) is 44.7 Å². The van der Waals surface area contributed by atoms with Crippen LogP contribution in [0.5, 0.6) is 0 Å². The van der Waals surface area contributed by atoms with Crippen LogP contribution < -0.4 is 0 Å². The number of carbonyl (C=O) groups is 1. The first kappa shape index (κ1) is 13.8. The molecular weight excluding hydrogens is 260 g/mol. The lowest BCUT2D eigenvalue weighted by atomic mass is 9.77. The molecule has 0 aromatic rings. The van der Waals surface area contributed by atoms with E-state index in [1.54, 1.807) is 13.8 Å². The molecule has 1 saturated heterocycles. The fourth-order valence-electron chi connectivity index (χ4n) is 3.85. The second-order valence-electron chi connectivity index (χ2n) is 6.45. The summed E-state index contributed by atoms with van der Waals surface area (Å²) in [6, 6.07) is 0. The van der Waals surface area contributed by atoms with Crippen molar-refractivity contribution in [3.05, 3.63) is 23.3 Å². The molecular formula is C15H20O5. The standard InChI is InChI=1S/C15H20O5/c1-7-9-4-5-14(3,18)15(19)6-10(16)8(2)11(15)12(9)20-13(7)17/h9-10,12,16,18-19H,1,4-6H2,2-3H3/t9-,10-,12-,14-,15+/m0/s1. The average molecular weight is 280 g/mol. The van der Waals surface area contributed by atoms with E-state index in [0.29, 0.717) is 29.6 Å². The van der Waals surface area contributed by atoms with Crippen LogP contribution in [0.4, 0.5) is 0 Å². The smallest absolute Gasteiger partial charge is 0.334 e. The van der Waals surface area contributed by atoms with Crippen LogP contribution in [0.25, 0.3) is 0 Å². The first-order valence-corrected chi connectivity index (χ1v) is 6.93. The molecule has 110 valence electrons. The van der Waals surface area contributed by atoms with Gasteiger partial charge in [0.2, 0.25) is 0 Å². The molecule has 1 aliphatic heterocycles. The first-order chi connectivity index (χ1) is 9.19. The maximum atomic E-state index is 11.7. The fraction of sp³-hybridized carbons (Fsp3) is 0.667. The molecule has 0 unspecified atom stereocenters. The molecule has 3 rings (SSSR count). The van der Waals surface area contributed by atoms with Crippen molar-refractivity contribution in [2.45, 2.75) is 56.5 Å². The summed E-state index contributed by atoms with van der Waals surface area (Å²) < 4.78 is 5.37. The average Bonchev–Trinajstić information content (AvgIpc) is 2.71. The first-order valence-electron chi connectivity index (χ1n) is 6.93. The van der Waals surface area contributed by atoms with Gasteiger partial charge in [-0.25, -0.2) is 4.79 Å². The molecule has 1 saturated carbocycles. The van der Waals surface area contributed by atoms with Gasteiger partial charge in [-0.1, -0.05) is 6.58 Å². The normalized spacial score (nSPS) is 48.0. The van der Waals surface area contributed by atoms with Gasteiger partial charge in [-0.3, -0.25) is 0 Å². The van der Waals surface area contributed by atoms with E-state index < -0.39 is 29.4 Å². The van der Waals surface area contributed by atoms with Gasteiger partial charge in [-0.15, -0.1) is 0 Å². The van der Waals surface area contributed by atoms with Crippen LogP contribution in [0.3, 0.4) is 0 Å². The van der Waals surface area contributed by atoms with Crippen molar-refractivity contribution in [2.24, 2.45) is 5.92 Å². The summed E-state index contributed by atoms with van der Waals surface area (Å²) in [5.74, 6) is -0.691. The van der Waals surface area contributed by atoms with Gasteiger partial charge in [0, 0.05) is 23.5 Å². The number of carbonyl (C=O) groups excluding carboxylic acids is 1. The second kappa shape index (κ2) is 3.93. The molecule has 0 spiro atoms. The highest BCUT2D eigenvalue weighted by molar-refractivity contribution is 5.91. The van der Waals surface area contributed by atoms with E-state index >= 15 is 0 Å². The van der Waals surface area contributed by atoms with E-state index in [0.717, 1.165) is 0 Å². The van der Waals surface area contributed by atoms with E-state index in [1.165, 1.54) is 0 Å². The largest absolute Gasteiger partial charge is 0.454 e. The maximum absolute atomic E-state index is 11.7. The van der Waals surface area contributed by atoms with E-state index in [1.807, 2.05) is 0 Å². The summed E-state index contributed by atoms with van der Waals surface area (Å²) in [6.07, 6.45) is -0.561. The third kappa shape index (κ3) is 1.51. The second-order valence-corrected chi connectivity index (χ2v) is 6.45. The predicted octanol–water partition coefficient (Wildman–Crippen LogP) is 0.441. The Morgan fingerprint density at radius 2 is 2.05 bits per heavy atom. The highest BCUT2D eigenvalue weighted by Crippen LogP contribution is 2.53. The highest BCUT2D eigenvalue weighted by Gasteiger charge is 2.61. The summed E-state index contributed by atoms with van der Waals surface area (Å²) in [5, 5.41) is 31.7. The van der Waals surface area contributed by atoms with Crippen molar-refractivity contribution < 1.29 is 24.9 Å². The van der Waals surface area contributed by atoms with Crippen LogP contribution in [0.1, 0.15) is 33.1 Å². The number of ether oxygens (including phenoxy) is 1. The van der Waals surface area contributed by atoms with Crippen LogP contribution in [0.2, 0.25) is 0 Å². The van der Waals surface area contributed by atoms with Gasteiger partial charge in [-0.2, -0.15) is 0 Å². The quantitative estimate of drug-likeness (QED) is 0.340. The van der Waals surface area contributed by atoms with Gasteiger partial charge < -0.3 is 20.1 Å². The number of rotatable bonds is 0. The van der Waals surface area contributed by atoms with Crippen molar-refractivity contribution in [3.63, 3.8) is 0 Å². The molecule has 20 heavy (non-hydrogen) atoms. The summed E-state index contributed by atoms with van der Waals surface area (Å²) in [6.45, 7) is 7.05. The van der Waals surface area contributed by atoms with E-state index in [4.69, 9.17) is 4.74 Å². The Labute approximate surface area is 117 Å². The molecule has 0 aromatic carbocycles. The lowest BCUT2D eigenvalue weighted by molar-refractivity contribution is -0.144. The number of fused-ring (bicyclic) bond motifs is 3. The molecule has 0 amide bonds. The zero-order valence-electron chi connectivity index (χ0n) is 11.7. The zero-order valence-corrected chi connectivity index (χ0v) is 11.7. The topological polar surface area (TPSA) is 87.0 Å². The van der Waals surface area contributed by atoms with Crippen molar-refractivity contribution in [3.8, 4) is 0 Å². The molecule has 2 fully saturated rings. The molecule has 5 heteroatoms. The molecule has 5 nitrogen and oxygen atoms in total. The Balaban J connectivity index is 2.17. The molecule has 0 bridgehead atoms. The van der Waals surface area contributed by atoms with Crippen LogP contribution in [-0.2, 0) is 9.53 Å². The monoisotopic (exact) mass is 280 g/mol. The molecule has 5 atom stereocenters. The van der Waals surface area contributed by atoms with Crippen LogP contribution in [0, 0.1) is 5.92 Å². The van der Waals surface area contributed by atoms with Gasteiger partial charge in [-0.05, 0) is 32.3 Å². The third-order valence-corrected chi connectivity index (χ3v) is 5.29. The highest BCUT2D eigenvalue weighted by atomic mass is 16.6. The minimum Gasteiger partial charge on any atom is -0.454 e. The van der Waals surface area contributed by atoms with Crippen molar-refractivity contribution >= 4 is 5.97 Å². The Hall–Kier alpha value is -1.17. The minimum absolute atomic E-state index is 0.0361. The Morgan fingerprint density at radius 1 is 1.40 bits per heavy atom. The molecule has 1 heterocycles. The minimum atomic E-state index is -1.55. The molecule has 3 aliphatic rings. The van der Waals surface area contributed by atoms with Crippen LogP contribution in [0.15, 0.2) is 23.3 Å². The fourth-order valence-corrected chi connectivity index (χ4v) is 3.85. The number of aliphatic hydroxyl groups is 3. The number of aliphatic hydroxyl groups excluding tert-OH is 1. The lowest BCUT2D eigenvalue weighted by Crippen LogP contribution is -2.53. The lowest BCUT2D eigenvalue weighted by Gasteiger charge is -2.40. The summed E-state index contributed by atoms with van der Waals surface area (Å²) >= 11 is 0. The molecule has 0 aromatic heterocycles. The van der Waals surface area contributed by atoms with Gasteiger partial charge in [0.25, 0.3) is 0 Å². The van der Waals surface area contributed by atoms with Gasteiger partial charge in [0.15, 0.2) is 0 Å². The number of hydrogen-bond acceptors (Lipinski definition) is 5. The number of esters is 1. The Morgan fingerprint density at radius 3 is 2.70 bits per heavy atom. The zero-order chi connectivity index (χ0) is 14.9. The van der Waals surface area contributed by atoms with Gasteiger partial charge in [0.1, 0.15) is 11.7 Å². The third-order valence-electron chi connectivity index (χ3n) is 5.29. The Kier molecular flexibility index (Phi) is 2.71. The van der Waals surface area contributed by atoms with Gasteiger partial charge in [0.05, 0.1) is 11.7 Å². The SMILES string of the molecule is C=C1C(=O)O[C@@H]2C3=C(C)[C@@H](O)C[C@]3(O)[C@@](C)(O)CC[C@@H]12. The van der Waals surface area contributed by atoms with Crippen molar-refractivity contribution in [1.82, 2.24) is 0 Å². The van der Waals surface area contributed by atoms with Crippen molar-refractivity contribution in [1.29, 1.82) is 0 Å². The summed E-state index contributed by atoms with van der Waals surface area (Å²) in [7, 11) is 0. The maximum Gasteiger partial charge on any atom is 0.334 e. The summed E-state index contributed by atoms with van der Waals surface area (Å²) in [5.41, 5.74) is -1.48. The van der Waals surface area contributed by atoms with E-state index in [-0.39, 0.29) is 12.3 Å². The van der Waals surface area contributed by atoms with E-state index in [9.17, 15) is 20.1 Å². The summed E-state index contributed by atoms with van der Waals surface area (Å²) in [4.78, 5) is 11.7. The van der Waals surface area contributed by atoms with Gasteiger partial charge >= 0.3 is 5.97 Å². The molecule has 3 N–H and O–H groups in total. The van der Waals surface area contributed by atoms with E-state index in [2.05, 4.69) is 6.58 Å². The molecule has 0 radical (unpaired) electrons. The van der Waals surface area contributed by atoms with Crippen molar-refractivity contribution in [2.75, 3.05) is 0 Å². The molecule has 2 aliphatic carbocycles. The predicted molar refractivity (Wildman–Crippen MR) is 70.6 cm³/mol. The van der Waals surface area contributed by atoms with Crippen LogP contribution >= 0.6 is 0 Å². The number of hydrogen-bond donors (Lipinski definition) is 3. The Bertz CT molecular complexity index is 532.